The molecule has 9 heteroatoms. The smallest absolute Gasteiger partial charge is 0.305 e. The number of halogens is 1. The van der Waals surface area contributed by atoms with Crippen molar-refractivity contribution in [1.29, 1.82) is 0 Å². The maximum Gasteiger partial charge on any atom is 0.305 e. The molecule has 0 radical (unpaired) electrons. The van der Waals surface area contributed by atoms with Gasteiger partial charge in [-0.1, -0.05) is 48.2 Å². The van der Waals surface area contributed by atoms with Crippen LogP contribution in [-0.2, 0) is 20.9 Å². The summed E-state index contributed by atoms with van der Waals surface area (Å²) in [6.07, 6.45) is 2.52. The number of ether oxygens (including phenoxy) is 3. The molecule has 1 saturated heterocycles. The number of rotatable bonds is 10. The topological polar surface area (TPSA) is 65.1 Å². The van der Waals surface area contributed by atoms with Crippen LogP contribution in [0.3, 0.4) is 0 Å². The summed E-state index contributed by atoms with van der Waals surface area (Å²) < 4.78 is 17.7. The van der Waals surface area contributed by atoms with E-state index in [2.05, 4.69) is 15.9 Å². The van der Waals surface area contributed by atoms with E-state index in [9.17, 15) is 9.59 Å². The molecular formula is C25H26BrNO5S2. The molecule has 1 heterocycles. The largest absolute Gasteiger partial charge is 0.493 e. The predicted octanol–water partition coefficient (Wildman–Crippen LogP) is 5.89. The molecule has 0 unspecified atom stereocenters. The third-order valence-electron chi connectivity index (χ3n) is 5.12. The van der Waals surface area contributed by atoms with Gasteiger partial charge in [-0.25, -0.2) is 0 Å². The molecule has 0 atom stereocenters. The fraction of sp³-hybridized carbons (Fsp3) is 0.320. The Balaban J connectivity index is 1.72. The van der Waals surface area contributed by atoms with E-state index in [-0.39, 0.29) is 18.3 Å². The molecule has 34 heavy (non-hydrogen) atoms. The zero-order valence-electron chi connectivity index (χ0n) is 19.3. The SMILES string of the molecule is CCOC(=O)CCCN1C(=O)/C(=C/c2cc(Br)c(OCc3ccccc3C)c(OC)c2)SC1=S. The summed E-state index contributed by atoms with van der Waals surface area (Å²) in [7, 11) is 1.58. The summed E-state index contributed by atoms with van der Waals surface area (Å²) in [5.41, 5.74) is 3.02. The van der Waals surface area contributed by atoms with Gasteiger partial charge in [0.25, 0.3) is 5.91 Å². The number of hydrogen-bond donors (Lipinski definition) is 0. The second kappa shape index (κ2) is 12.4. The van der Waals surface area contributed by atoms with Crippen molar-refractivity contribution in [3.05, 3.63) is 62.5 Å². The van der Waals surface area contributed by atoms with Crippen LogP contribution in [0.4, 0.5) is 0 Å². The summed E-state index contributed by atoms with van der Waals surface area (Å²) in [6.45, 7) is 4.93. The van der Waals surface area contributed by atoms with E-state index in [1.54, 1.807) is 20.1 Å². The van der Waals surface area contributed by atoms with Gasteiger partial charge >= 0.3 is 5.97 Å². The zero-order chi connectivity index (χ0) is 24.7. The van der Waals surface area contributed by atoms with E-state index in [0.29, 0.717) is 46.9 Å². The molecule has 0 saturated carbocycles. The van der Waals surface area contributed by atoms with Gasteiger partial charge in [-0.05, 0) is 71.1 Å². The third-order valence-corrected chi connectivity index (χ3v) is 7.09. The highest BCUT2D eigenvalue weighted by molar-refractivity contribution is 9.10. The van der Waals surface area contributed by atoms with E-state index < -0.39 is 0 Å². The molecular weight excluding hydrogens is 538 g/mol. The predicted molar refractivity (Wildman–Crippen MR) is 142 cm³/mol. The van der Waals surface area contributed by atoms with Gasteiger partial charge in [-0.2, -0.15) is 0 Å². The van der Waals surface area contributed by atoms with Crippen molar-refractivity contribution < 1.29 is 23.8 Å². The minimum atomic E-state index is -0.273. The summed E-state index contributed by atoms with van der Waals surface area (Å²) in [6, 6.07) is 11.7. The molecule has 1 aliphatic heterocycles. The molecule has 0 aliphatic carbocycles. The number of nitrogens with zero attached hydrogens (tertiary/aromatic N) is 1. The number of carbonyl (C=O) groups excluding carboxylic acids is 2. The van der Waals surface area contributed by atoms with E-state index in [1.165, 1.54) is 16.7 Å². The normalized spacial score (nSPS) is 14.6. The second-order valence-electron chi connectivity index (χ2n) is 7.49. The summed E-state index contributed by atoms with van der Waals surface area (Å²) in [5.74, 6) is 0.701. The van der Waals surface area contributed by atoms with Gasteiger partial charge < -0.3 is 14.2 Å². The summed E-state index contributed by atoms with van der Waals surface area (Å²) >= 11 is 10.2. The van der Waals surface area contributed by atoms with Crippen molar-refractivity contribution in [1.82, 2.24) is 4.90 Å². The van der Waals surface area contributed by atoms with Crippen LogP contribution in [0, 0.1) is 6.92 Å². The number of esters is 1. The highest BCUT2D eigenvalue weighted by Crippen LogP contribution is 2.39. The first-order chi connectivity index (χ1) is 16.3. The number of amides is 1. The molecule has 3 rings (SSSR count). The molecule has 0 bridgehead atoms. The van der Waals surface area contributed by atoms with Crippen molar-refractivity contribution in [2.24, 2.45) is 0 Å². The Kier molecular flexibility index (Phi) is 9.55. The highest BCUT2D eigenvalue weighted by atomic mass is 79.9. The summed E-state index contributed by atoms with van der Waals surface area (Å²) in [5, 5.41) is 0. The van der Waals surface area contributed by atoms with Crippen molar-refractivity contribution in [2.45, 2.75) is 33.3 Å². The van der Waals surface area contributed by atoms with E-state index in [1.807, 2.05) is 43.3 Å². The van der Waals surface area contributed by atoms with E-state index >= 15 is 0 Å². The molecule has 1 amide bonds. The Morgan fingerprint density at radius 1 is 1.26 bits per heavy atom. The molecule has 0 aromatic heterocycles. The lowest BCUT2D eigenvalue weighted by Crippen LogP contribution is -2.29. The van der Waals surface area contributed by atoms with Gasteiger partial charge in [-0.15, -0.1) is 0 Å². The third kappa shape index (κ3) is 6.61. The number of aryl methyl sites for hydroxylation is 1. The first-order valence-corrected chi connectivity index (χ1v) is 12.8. The number of hydrogen-bond acceptors (Lipinski definition) is 7. The van der Waals surface area contributed by atoms with Crippen LogP contribution >= 0.6 is 39.9 Å². The van der Waals surface area contributed by atoms with Gasteiger partial charge in [0, 0.05) is 13.0 Å². The molecule has 0 N–H and O–H groups in total. The van der Waals surface area contributed by atoms with Gasteiger partial charge in [0.15, 0.2) is 11.5 Å². The average molecular weight is 565 g/mol. The molecule has 1 aliphatic rings. The van der Waals surface area contributed by atoms with Crippen molar-refractivity contribution in [3.63, 3.8) is 0 Å². The molecule has 180 valence electrons. The first kappa shape index (κ1) is 26.2. The lowest BCUT2D eigenvalue weighted by Gasteiger charge is -2.15. The fourth-order valence-electron chi connectivity index (χ4n) is 3.34. The van der Waals surface area contributed by atoms with Gasteiger partial charge in [0.05, 0.1) is 23.1 Å². The zero-order valence-corrected chi connectivity index (χ0v) is 22.5. The molecule has 1 fully saturated rings. The molecule has 6 nitrogen and oxygen atoms in total. The Hall–Kier alpha value is -2.36. The van der Waals surface area contributed by atoms with Crippen molar-refractivity contribution in [3.8, 4) is 11.5 Å². The lowest BCUT2D eigenvalue weighted by molar-refractivity contribution is -0.143. The van der Waals surface area contributed by atoms with Gasteiger partial charge in [0.2, 0.25) is 0 Å². The quantitative estimate of drug-likeness (QED) is 0.203. The number of carbonyl (C=O) groups is 2. The van der Waals surface area contributed by atoms with Crippen LogP contribution in [0.15, 0.2) is 45.8 Å². The van der Waals surface area contributed by atoms with Crippen molar-refractivity contribution >= 4 is 62.2 Å². The first-order valence-electron chi connectivity index (χ1n) is 10.8. The minimum absolute atomic E-state index is 0.172. The Labute approximate surface area is 217 Å². The average Bonchev–Trinajstić information content (AvgIpc) is 3.06. The number of thiocarbonyl (C=S) groups is 1. The van der Waals surface area contributed by atoms with Crippen LogP contribution in [0.25, 0.3) is 6.08 Å². The number of benzene rings is 2. The van der Waals surface area contributed by atoms with Crippen LogP contribution in [0.2, 0.25) is 0 Å². The Bertz CT molecular complexity index is 1120. The second-order valence-corrected chi connectivity index (χ2v) is 10.0. The maximum atomic E-state index is 12.9. The molecule has 2 aromatic rings. The Morgan fingerprint density at radius 3 is 2.74 bits per heavy atom. The molecule has 0 spiro atoms. The van der Waals surface area contributed by atoms with Crippen LogP contribution < -0.4 is 9.47 Å². The van der Waals surface area contributed by atoms with Crippen LogP contribution in [0.5, 0.6) is 11.5 Å². The Morgan fingerprint density at radius 2 is 2.03 bits per heavy atom. The molecule has 2 aromatic carbocycles. The van der Waals surface area contributed by atoms with Crippen molar-refractivity contribution in [2.75, 3.05) is 20.3 Å². The van der Waals surface area contributed by atoms with Gasteiger partial charge in [0.1, 0.15) is 10.9 Å². The van der Waals surface area contributed by atoms with Gasteiger partial charge in [-0.3, -0.25) is 14.5 Å². The minimum Gasteiger partial charge on any atom is -0.493 e. The van der Waals surface area contributed by atoms with E-state index in [4.69, 9.17) is 26.4 Å². The number of methoxy groups -OCH3 is 1. The van der Waals surface area contributed by atoms with Crippen LogP contribution in [-0.4, -0.2) is 41.4 Å². The van der Waals surface area contributed by atoms with E-state index in [0.717, 1.165) is 21.2 Å². The summed E-state index contributed by atoms with van der Waals surface area (Å²) in [4.78, 5) is 26.5. The highest BCUT2D eigenvalue weighted by Gasteiger charge is 2.31. The maximum absolute atomic E-state index is 12.9. The van der Waals surface area contributed by atoms with Crippen LogP contribution in [0.1, 0.15) is 36.5 Å². The fourth-order valence-corrected chi connectivity index (χ4v) is 5.23. The monoisotopic (exact) mass is 563 g/mol. The standard InChI is InChI=1S/C25H26BrNO5S2/c1-4-31-22(28)10-7-11-27-24(29)21(34-25(27)33)14-17-12-19(26)23(20(13-17)30-3)32-15-18-9-6-5-8-16(18)2/h5-6,8-9,12-14H,4,7,10-11,15H2,1-3H3/b21-14-. The lowest BCUT2D eigenvalue weighted by atomic mass is 10.1. The number of thioether (sulfide) groups is 1.